The summed E-state index contributed by atoms with van der Waals surface area (Å²) in [5.74, 6) is 0.871. The second-order valence-electron chi connectivity index (χ2n) is 4.76. The zero-order chi connectivity index (χ0) is 15.4. The van der Waals surface area contributed by atoms with Crippen LogP contribution in [0.4, 0.5) is 10.7 Å². The van der Waals surface area contributed by atoms with Crippen molar-refractivity contribution >= 4 is 12.0 Å². The van der Waals surface area contributed by atoms with Gasteiger partial charge in [-0.25, -0.2) is 9.48 Å². The van der Waals surface area contributed by atoms with Crippen molar-refractivity contribution in [1.82, 2.24) is 14.8 Å². The molecular weight excluding hydrogens is 278 g/mol. The van der Waals surface area contributed by atoms with E-state index in [0.717, 1.165) is 11.1 Å². The van der Waals surface area contributed by atoms with Crippen molar-refractivity contribution in [2.75, 3.05) is 5.32 Å². The standard InChI is InChI=1S/C16H15N5O/c17-15(22)19-16-18-14(13-9-5-2-6-10-13)21(20-16)11-12-7-3-1-4-8-12/h1-10H,11H2,(H3,17,19,20,22). The number of hydrogen-bond donors (Lipinski definition) is 2. The molecule has 3 rings (SSSR count). The summed E-state index contributed by atoms with van der Waals surface area (Å²) < 4.78 is 1.75. The van der Waals surface area contributed by atoms with Crippen molar-refractivity contribution in [3.63, 3.8) is 0 Å². The zero-order valence-corrected chi connectivity index (χ0v) is 11.8. The third-order valence-electron chi connectivity index (χ3n) is 3.11. The van der Waals surface area contributed by atoms with Gasteiger partial charge in [-0.1, -0.05) is 60.7 Å². The molecule has 0 aliphatic heterocycles. The van der Waals surface area contributed by atoms with Crippen LogP contribution in [0.1, 0.15) is 5.56 Å². The summed E-state index contributed by atoms with van der Waals surface area (Å²) in [6.07, 6.45) is 0. The fourth-order valence-corrected chi connectivity index (χ4v) is 2.17. The van der Waals surface area contributed by atoms with E-state index >= 15 is 0 Å². The van der Waals surface area contributed by atoms with Gasteiger partial charge in [-0.15, -0.1) is 5.10 Å². The molecule has 2 amide bonds. The Morgan fingerprint density at radius 1 is 1.05 bits per heavy atom. The first kappa shape index (κ1) is 13.8. The van der Waals surface area contributed by atoms with E-state index in [0.29, 0.717) is 12.4 Å². The Bertz CT molecular complexity index is 768. The molecule has 3 N–H and O–H groups in total. The van der Waals surface area contributed by atoms with Gasteiger partial charge in [0.25, 0.3) is 5.95 Å². The molecule has 6 heteroatoms. The highest BCUT2D eigenvalue weighted by molar-refractivity contribution is 5.85. The van der Waals surface area contributed by atoms with Crippen molar-refractivity contribution in [3.8, 4) is 11.4 Å². The number of nitrogens with one attached hydrogen (secondary N) is 1. The molecule has 0 unspecified atom stereocenters. The van der Waals surface area contributed by atoms with Crippen LogP contribution in [0.3, 0.4) is 0 Å². The Kier molecular flexibility index (Phi) is 3.82. The van der Waals surface area contributed by atoms with Crippen molar-refractivity contribution in [1.29, 1.82) is 0 Å². The van der Waals surface area contributed by atoms with Crippen LogP contribution < -0.4 is 11.1 Å². The first-order valence-electron chi connectivity index (χ1n) is 6.83. The van der Waals surface area contributed by atoms with E-state index in [-0.39, 0.29) is 5.95 Å². The van der Waals surface area contributed by atoms with Gasteiger partial charge in [0.1, 0.15) is 0 Å². The fraction of sp³-hybridized carbons (Fsp3) is 0.0625. The summed E-state index contributed by atoms with van der Waals surface area (Å²) >= 11 is 0. The number of carbonyl (C=O) groups is 1. The predicted molar refractivity (Wildman–Crippen MR) is 84.2 cm³/mol. The quantitative estimate of drug-likeness (QED) is 0.775. The van der Waals surface area contributed by atoms with Crippen LogP contribution in [0.25, 0.3) is 11.4 Å². The van der Waals surface area contributed by atoms with E-state index in [9.17, 15) is 4.79 Å². The van der Waals surface area contributed by atoms with Crippen LogP contribution in [0.5, 0.6) is 0 Å². The minimum absolute atomic E-state index is 0.197. The monoisotopic (exact) mass is 293 g/mol. The smallest absolute Gasteiger partial charge is 0.319 e. The molecule has 0 fully saturated rings. The van der Waals surface area contributed by atoms with Crippen molar-refractivity contribution in [3.05, 3.63) is 66.2 Å². The lowest BCUT2D eigenvalue weighted by molar-refractivity contribution is 0.259. The number of rotatable bonds is 4. The maximum atomic E-state index is 11.0. The number of carbonyl (C=O) groups excluding carboxylic acids is 1. The molecule has 1 heterocycles. The first-order chi connectivity index (χ1) is 10.7. The van der Waals surface area contributed by atoms with E-state index in [1.165, 1.54) is 0 Å². The third kappa shape index (κ3) is 3.12. The van der Waals surface area contributed by atoms with E-state index in [1.807, 2.05) is 60.7 Å². The van der Waals surface area contributed by atoms with Crippen LogP contribution in [0.15, 0.2) is 60.7 Å². The van der Waals surface area contributed by atoms with Gasteiger partial charge in [-0.2, -0.15) is 4.98 Å². The number of aromatic nitrogens is 3. The molecule has 2 aromatic carbocycles. The molecule has 1 aromatic heterocycles. The minimum atomic E-state index is -0.684. The molecule has 110 valence electrons. The van der Waals surface area contributed by atoms with Crippen LogP contribution in [-0.2, 0) is 6.54 Å². The molecule has 0 aliphatic carbocycles. The lowest BCUT2D eigenvalue weighted by Gasteiger charge is -2.05. The molecule has 0 atom stereocenters. The predicted octanol–water partition coefficient (Wildman–Crippen LogP) is 2.48. The van der Waals surface area contributed by atoms with Gasteiger partial charge in [-0.3, -0.25) is 5.32 Å². The molecule has 0 bridgehead atoms. The highest BCUT2D eigenvalue weighted by Crippen LogP contribution is 2.19. The zero-order valence-electron chi connectivity index (χ0n) is 11.8. The Morgan fingerprint density at radius 2 is 1.68 bits per heavy atom. The summed E-state index contributed by atoms with van der Waals surface area (Å²) in [7, 11) is 0. The maximum absolute atomic E-state index is 11.0. The Balaban J connectivity index is 1.99. The van der Waals surface area contributed by atoms with Gasteiger partial charge in [0, 0.05) is 5.56 Å². The van der Waals surface area contributed by atoms with Crippen LogP contribution in [0, 0.1) is 0 Å². The van der Waals surface area contributed by atoms with Crippen LogP contribution in [0.2, 0.25) is 0 Å². The molecule has 0 aliphatic rings. The normalized spacial score (nSPS) is 10.4. The number of benzene rings is 2. The summed E-state index contributed by atoms with van der Waals surface area (Å²) in [6, 6.07) is 18.9. The topological polar surface area (TPSA) is 85.8 Å². The van der Waals surface area contributed by atoms with Gasteiger partial charge in [0.15, 0.2) is 5.82 Å². The van der Waals surface area contributed by atoms with Gasteiger partial charge >= 0.3 is 6.03 Å². The van der Waals surface area contributed by atoms with Gasteiger partial charge < -0.3 is 5.73 Å². The number of anilines is 1. The second-order valence-corrected chi connectivity index (χ2v) is 4.76. The van der Waals surface area contributed by atoms with E-state index < -0.39 is 6.03 Å². The van der Waals surface area contributed by atoms with E-state index in [2.05, 4.69) is 15.4 Å². The number of urea groups is 1. The summed E-state index contributed by atoms with van der Waals surface area (Å²) in [5.41, 5.74) is 7.15. The lowest BCUT2D eigenvalue weighted by atomic mass is 10.2. The molecule has 22 heavy (non-hydrogen) atoms. The number of nitrogens with two attached hydrogens (primary N) is 1. The van der Waals surface area contributed by atoms with E-state index in [4.69, 9.17) is 5.73 Å². The van der Waals surface area contributed by atoms with Gasteiger partial charge in [-0.05, 0) is 5.56 Å². The fourth-order valence-electron chi connectivity index (χ4n) is 2.17. The summed E-state index contributed by atoms with van der Waals surface area (Å²) in [5, 5.41) is 6.73. The van der Waals surface area contributed by atoms with Crippen LogP contribution >= 0.6 is 0 Å². The number of primary amides is 1. The van der Waals surface area contributed by atoms with Gasteiger partial charge in [0.05, 0.1) is 6.54 Å². The SMILES string of the molecule is NC(=O)Nc1nc(-c2ccccc2)n(Cc2ccccc2)n1. The van der Waals surface area contributed by atoms with E-state index in [1.54, 1.807) is 4.68 Å². The molecule has 0 saturated carbocycles. The van der Waals surface area contributed by atoms with Gasteiger partial charge in [0.2, 0.25) is 0 Å². The largest absolute Gasteiger partial charge is 0.351 e. The number of hydrogen-bond acceptors (Lipinski definition) is 3. The molecule has 0 radical (unpaired) electrons. The molecule has 6 nitrogen and oxygen atoms in total. The Labute approximate surface area is 127 Å². The highest BCUT2D eigenvalue weighted by atomic mass is 16.2. The first-order valence-corrected chi connectivity index (χ1v) is 6.83. The summed E-state index contributed by atoms with van der Waals surface area (Å²) in [6.45, 7) is 0.554. The highest BCUT2D eigenvalue weighted by Gasteiger charge is 2.13. The molecule has 0 spiro atoms. The van der Waals surface area contributed by atoms with Crippen molar-refractivity contribution < 1.29 is 4.79 Å². The maximum Gasteiger partial charge on any atom is 0.319 e. The second kappa shape index (κ2) is 6.09. The number of nitrogens with zero attached hydrogens (tertiary/aromatic N) is 3. The molecule has 3 aromatic rings. The lowest BCUT2D eigenvalue weighted by Crippen LogP contribution is -2.20. The number of amides is 2. The molecular formula is C16H15N5O. The Morgan fingerprint density at radius 3 is 2.32 bits per heavy atom. The summed E-state index contributed by atoms with van der Waals surface area (Å²) in [4.78, 5) is 15.4. The third-order valence-corrected chi connectivity index (χ3v) is 3.11. The van der Waals surface area contributed by atoms with Crippen LogP contribution in [-0.4, -0.2) is 20.8 Å². The average Bonchev–Trinajstić information content (AvgIpc) is 2.91. The van der Waals surface area contributed by atoms with Crippen molar-refractivity contribution in [2.24, 2.45) is 5.73 Å². The average molecular weight is 293 g/mol. The molecule has 0 saturated heterocycles. The van der Waals surface area contributed by atoms with Crippen molar-refractivity contribution in [2.45, 2.75) is 6.54 Å². The minimum Gasteiger partial charge on any atom is -0.351 e. The Hall–Kier alpha value is -3.15.